The van der Waals surface area contributed by atoms with Gasteiger partial charge in [-0.05, 0) is 58.2 Å². The number of amides is 2. The van der Waals surface area contributed by atoms with Gasteiger partial charge in [0.2, 0.25) is 5.91 Å². The van der Waals surface area contributed by atoms with Gasteiger partial charge >= 0.3 is 0 Å². The normalized spacial score (nSPS) is 14.2. The molecule has 2 aromatic heterocycles. The summed E-state index contributed by atoms with van der Waals surface area (Å²) in [6.45, 7) is 10.6. The fourth-order valence-corrected chi connectivity index (χ4v) is 4.36. The van der Waals surface area contributed by atoms with Crippen molar-refractivity contribution in [2.24, 2.45) is 0 Å². The molecule has 0 unspecified atom stereocenters. The molecule has 1 fully saturated rings. The van der Waals surface area contributed by atoms with Crippen molar-refractivity contribution in [2.45, 2.75) is 66.0 Å². The molecule has 1 aliphatic heterocycles. The van der Waals surface area contributed by atoms with Crippen LogP contribution in [0.3, 0.4) is 0 Å². The van der Waals surface area contributed by atoms with E-state index in [-0.39, 0.29) is 35.9 Å². The van der Waals surface area contributed by atoms with Crippen molar-refractivity contribution in [2.75, 3.05) is 18.4 Å². The number of H-pyrrole nitrogens is 1. The van der Waals surface area contributed by atoms with E-state index in [0.29, 0.717) is 35.6 Å². The summed E-state index contributed by atoms with van der Waals surface area (Å²) >= 11 is 0. The van der Waals surface area contributed by atoms with E-state index in [4.69, 9.17) is 10.4 Å². The standard InChI is InChI=1S/C25H34N6O3/c1-14(2)28-23-20(12-26)19(11-22(30-23)18-6-8-31(9-7-18)17(5)32)24(33)27-13-21-15(3)10-16(4)29-25(21)34/h10-12,14,18,26H,6-9,13H2,1-5H3,(H,27,33)(H,28,30)(H,29,34). The lowest BCUT2D eigenvalue weighted by molar-refractivity contribution is -0.129. The van der Waals surface area contributed by atoms with Crippen LogP contribution in [-0.2, 0) is 11.3 Å². The highest BCUT2D eigenvalue weighted by atomic mass is 16.2. The molecule has 9 nitrogen and oxygen atoms in total. The number of pyridine rings is 2. The van der Waals surface area contributed by atoms with Crippen molar-refractivity contribution >= 4 is 23.8 Å². The molecule has 0 atom stereocenters. The van der Waals surface area contributed by atoms with Crippen molar-refractivity contribution < 1.29 is 9.59 Å². The van der Waals surface area contributed by atoms with Crippen molar-refractivity contribution in [1.82, 2.24) is 20.2 Å². The van der Waals surface area contributed by atoms with Crippen molar-refractivity contribution in [1.29, 1.82) is 5.41 Å². The molecule has 0 bridgehead atoms. The number of aromatic amines is 1. The molecule has 0 spiro atoms. The molecule has 3 rings (SSSR count). The Bertz CT molecular complexity index is 1150. The van der Waals surface area contributed by atoms with E-state index in [2.05, 4.69) is 15.6 Å². The van der Waals surface area contributed by atoms with Gasteiger partial charge in [-0.2, -0.15) is 0 Å². The van der Waals surface area contributed by atoms with Crippen LogP contribution in [0.2, 0.25) is 0 Å². The first-order chi connectivity index (χ1) is 16.1. The number of aryl methyl sites for hydroxylation is 2. The highest BCUT2D eigenvalue weighted by molar-refractivity contribution is 6.04. The molecule has 182 valence electrons. The van der Waals surface area contributed by atoms with Crippen LogP contribution in [0.4, 0.5) is 5.82 Å². The molecule has 0 aromatic carbocycles. The van der Waals surface area contributed by atoms with Gasteiger partial charge in [0.1, 0.15) is 5.82 Å². The van der Waals surface area contributed by atoms with E-state index in [1.165, 1.54) is 0 Å². The van der Waals surface area contributed by atoms with Crippen LogP contribution in [-0.4, -0.2) is 52.0 Å². The quantitative estimate of drug-likeness (QED) is 0.466. The van der Waals surface area contributed by atoms with E-state index in [1.54, 1.807) is 13.0 Å². The number of hydrogen-bond acceptors (Lipinski definition) is 6. The number of anilines is 1. The van der Waals surface area contributed by atoms with Gasteiger partial charge in [-0.25, -0.2) is 4.98 Å². The van der Waals surface area contributed by atoms with Crippen molar-refractivity contribution in [3.05, 3.63) is 56.1 Å². The van der Waals surface area contributed by atoms with Gasteiger partial charge in [0, 0.05) is 67.2 Å². The summed E-state index contributed by atoms with van der Waals surface area (Å²) in [6.07, 6.45) is 2.66. The smallest absolute Gasteiger partial charge is 0.253 e. The van der Waals surface area contributed by atoms with Crippen LogP contribution in [0.5, 0.6) is 0 Å². The fourth-order valence-electron chi connectivity index (χ4n) is 4.36. The average molecular weight is 467 g/mol. The first kappa shape index (κ1) is 25.1. The molecule has 2 aromatic rings. The molecule has 4 N–H and O–H groups in total. The van der Waals surface area contributed by atoms with Gasteiger partial charge in [-0.3, -0.25) is 14.4 Å². The Hall–Kier alpha value is -3.49. The van der Waals surface area contributed by atoms with Gasteiger partial charge < -0.3 is 25.9 Å². The maximum atomic E-state index is 13.3. The van der Waals surface area contributed by atoms with Gasteiger partial charge in [-0.1, -0.05) is 0 Å². The van der Waals surface area contributed by atoms with Crippen LogP contribution >= 0.6 is 0 Å². The fraction of sp³-hybridized carbons (Fsp3) is 0.480. The average Bonchev–Trinajstić information content (AvgIpc) is 2.77. The Balaban J connectivity index is 1.92. The van der Waals surface area contributed by atoms with E-state index < -0.39 is 0 Å². The Morgan fingerprint density at radius 1 is 1.26 bits per heavy atom. The number of nitrogens with zero attached hydrogens (tertiary/aromatic N) is 2. The number of carbonyl (C=O) groups excluding carboxylic acids is 2. The molecule has 0 aliphatic carbocycles. The van der Waals surface area contributed by atoms with E-state index >= 15 is 0 Å². The van der Waals surface area contributed by atoms with Crippen LogP contribution in [0, 0.1) is 19.3 Å². The lowest BCUT2D eigenvalue weighted by atomic mass is 9.91. The zero-order chi connectivity index (χ0) is 25.0. The number of aromatic nitrogens is 2. The summed E-state index contributed by atoms with van der Waals surface area (Å²) in [5.74, 6) is 0.298. The van der Waals surface area contributed by atoms with Gasteiger partial charge in [-0.15, -0.1) is 0 Å². The predicted octanol–water partition coefficient (Wildman–Crippen LogP) is 2.86. The number of likely N-dealkylation sites (tertiary alicyclic amines) is 1. The molecule has 1 aliphatic rings. The van der Waals surface area contributed by atoms with E-state index in [1.807, 2.05) is 38.7 Å². The molecule has 34 heavy (non-hydrogen) atoms. The Morgan fingerprint density at radius 2 is 1.94 bits per heavy atom. The van der Waals surface area contributed by atoms with E-state index in [9.17, 15) is 14.4 Å². The maximum Gasteiger partial charge on any atom is 0.253 e. The molecular weight excluding hydrogens is 432 g/mol. The molecule has 0 saturated carbocycles. The zero-order valence-electron chi connectivity index (χ0n) is 20.5. The van der Waals surface area contributed by atoms with Crippen LogP contribution in [0.25, 0.3) is 0 Å². The van der Waals surface area contributed by atoms with Gasteiger partial charge in [0.25, 0.3) is 11.5 Å². The summed E-state index contributed by atoms with van der Waals surface area (Å²) in [7, 11) is 0. The third-order valence-electron chi connectivity index (χ3n) is 6.17. The second-order valence-corrected chi connectivity index (χ2v) is 9.21. The van der Waals surface area contributed by atoms with Crippen LogP contribution in [0.15, 0.2) is 16.9 Å². The predicted molar refractivity (Wildman–Crippen MR) is 133 cm³/mol. The SMILES string of the molecule is CC(=O)N1CCC(c2cc(C(=O)NCc3c(C)cc(C)[nH]c3=O)c(C=N)c(NC(C)C)n2)CC1. The van der Waals surface area contributed by atoms with E-state index in [0.717, 1.165) is 36.0 Å². The first-order valence-corrected chi connectivity index (χ1v) is 11.7. The second kappa shape index (κ2) is 10.6. The summed E-state index contributed by atoms with van der Waals surface area (Å²) in [6, 6.07) is 3.68. The van der Waals surface area contributed by atoms with Gasteiger partial charge in [0.15, 0.2) is 0 Å². The largest absolute Gasteiger partial charge is 0.367 e. The monoisotopic (exact) mass is 466 g/mol. The Morgan fingerprint density at radius 3 is 2.50 bits per heavy atom. The molecular formula is C25H34N6O3. The lowest BCUT2D eigenvalue weighted by Gasteiger charge is -2.31. The number of carbonyl (C=O) groups is 2. The molecule has 2 amide bonds. The topological polar surface area (TPSA) is 131 Å². The Labute approximate surface area is 199 Å². The highest BCUT2D eigenvalue weighted by Crippen LogP contribution is 2.30. The second-order valence-electron chi connectivity index (χ2n) is 9.21. The van der Waals surface area contributed by atoms with Gasteiger partial charge in [0.05, 0.1) is 5.56 Å². The summed E-state index contributed by atoms with van der Waals surface area (Å²) < 4.78 is 0. The molecule has 3 heterocycles. The van der Waals surface area contributed by atoms with Crippen molar-refractivity contribution in [3.63, 3.8) is 0 Å². The minimum atomic E-state index is -0.366. The van der Waals surface area contributed by atoms with Crippen LogP contribution < -0.4 is 16.2 Å². The third kappa shape index (κ3) is 5.70. The summed E-state index contributed by atoms with van der Waals surface area (Å²) in [5, 5.41) is 14.1. The maximum absolute atomic E-state index is 13.3. The number of hydrogen-bond donors (Lipinski definition) is 4. The van der Waals surface area contributed by atoms with Crippen LogP contribution in [0.1, 0.15) is 78.0 Å². The minimum Gasteiger partial charge on any atom is -0.367 e. The zero-order valence-corrected chi connectivity index (χ0v) is 20.5. The first-order valence-electron chi connectivity index (χ1n) is 11.7. The lowest BCUT2D eigenvalue weighted by Crippen LogP contribution is -2.36. The molecule has 1 saturated heterocycles. The summed E-state index contributed by atoms with van der Waals surface area (Å²) in [5.41, 5.74) is 3.38. The number of piperidine rings is 1. The number of nitrogens with one attached hydrogen (secondary N) is 4. The number of rotatable bonds is 7. The van der Waals surface area contributed by atoms with Crippen molar-refractivity contribution in [3.8, 4) is 0 Å². The Kier molecular flexibility index (Phi) is 7.86. The highest BCUT2D eigenvalue weighted by Gasteiger charge is 2.26. The molecule has 9 heteroatoms. The molecule has 0 radical (unpaired) electrons. The summed E-state index contributed by atoms with van der Waals surface area (Å²) in [4.78, 5) is 46.7. The minimum absolute atomic E-state index is 0.0608. The third-order valence-corrected chi connectivity index (χ3v) is 6.17.